The van der Waals surface area contributed by atoms with Gasteiger partial charge in [-0.05, 0) is 6.42 Å². The molecule has 1 amide bonds. The summed E-state index contributed by atoms with van der Waals surface area (Å²) in [7, 11) is 1.91. The predicted octanol–water partition coefficient (Wildman–Crippen LogP) is 1.17. The topological polar surface area (TPSA) is 59.4 Å². The summed E-state index contributed by atoms with van der Waals surface area (Å²) in [4.78, 5) is 19.1. The molecule has 124 valence electrons. The number of rotatable bonds is 6. The van der Waals surface area contributed by atoms with Crippen molar-refractivity contribution in [2.75, 3.05) is 39.4 Å². The monoisotopic (exact) mass is 308 g/mol. The van der Waals surface area contributed by atoms with Crippen molar-refractivity contribution in [3.63, 3.8) is 0 Å². The molecule has 1 N–H and O–H groups in total. The van der Waals surface area contributed by atoms with Gasteiger partial charge in [-0.3, -0.25) is 9.69 Å². The highest BCUT2D eigenvalue weighted by Gasteiger charge is 2.25. The average Bonchev–Trinajstić information content (AvgIpc) is 2.91. The molecule has 22 heavy (non-hydrogen) atoms. The number of carbonyl (C=O) groups excluding carboxylic acids is 1. The van der Waals surface area contributed by atoms with E-state index in [9.17, 15) is 4.79 Å². The Morgan fingerprint density at radius 2 is 2.09 bits per heavy atom. The van der Waals surface area contributed by atoms with Crippen LogP contribution in [0.15, 0.2) is 6.20 Å². The number of carbonyl (C=O) groups is 1. The van der Waals surface area contributed by atoms with Crippen molar-refractivity contribution in [1.29, 1.82) is 0 Å². The van der Waals surface area contributed by atoms with Crippen molar-refractivity contribution in [1.82, 2.24) is 19.8 Å². The standard InChI is InChI=1S/C16H28N4O2/c1-5-16(2,3)15-18-12-13(19(15)4)14(21)17-6-7-20-8-10-22-11-9-20/h12H,5-11H2,1-4H3,(H,17,21). The fraction of sp³-hybridized carbons (Fsp3) is 0.750. The van der Waals surface area contributed by atoms with Crippen molar-refractivity contribution in [2.24, 2.45) is 7.05 Å². The lowest BCUT2D eigenvalue weighted by atomic mass is 9.89. The Kier molecular flexibility index (Phi) is 5.58. The van der Waals surface area contributed by atoms with Gasteiger partial charge in [-0.1, -0.05) is 20.8 Å². The van der Waals surface area contributed by atoms with Crippen molar-refractivity contribution in [3.05, 3.63) is 17.7 Å². The summed E-state index contributed by atoms with van der Waals surface area (Å²) in [5.74, 6) is 0.898. The molecule has 1 aliphatic heterocycles. The van der Waals surface area contributed by atoms with Crippen molar-refractivity contribution in [2.45, 2.75) is 32.6 Å². The lowest BCUT2D eigenvalue weighted by Crippen LogP contribution is -2.41. The summed E-state index contributed by atoms with van der Waals surface area (Å²) in [6, 6.07) is 0. The van der Waals surface area contributed by atoms with E-state index >= 15 is 0 Å². The molecule has 0 radical (unpaired) electrons. The van der Waals surface area contributed by atoms with E-state index < -0.39 is 0 Å². The third kappa shape index (κ3) is 3.87. The van der Waals surface area contributed by atoms with E-state index in [0.29, 0.717) is 12.2 Å². The molecule has 1 aromatic heterocycles. The molecule has 0 bridgehead atoms. The highest BCUT2D eigenvalue weighted by atomic mass is 16.5. The van der Waals surface area contributed by atoms with Crippen LogP contribution in [0.25, 0.3) is 0 Å². The van der Waals surface area contributed by atoms with Gasteiger partial charge in [0.25, 0.3) is 5.91 Å². The first-order valence-electron chi connectivity index (χ1n) is 8.06. The zero-order chi connectivity index (χ0) is 16.2. The normalized spacial score (nSPS) is 16.7. The van der Waals surface area contributed by atoms with Gasteiger partial charge in [0.05, 0.1) is 19.4 Å². The lowest BCUT2D eigenvalue weighted by Gasteiger charge is -2.26. The average molecular weight is 308 g/mol. The van der Waals surface area contributed by atoms with Crippen LogP contribution in [0.2, 0.25) is 0 Å². The molecule has 0 aliphatic carbocycles. The molecule has 0 unspecified atom stereocenters. The van der Waals surface area contributed by atoms with Gasteiger partial charge in [0.1, 0.15) is 11.5 Å². The van der Waals surface area contributed by atoms with Crippen LogP contribution in [0.3, 0.4) is 0 Å². The maximum atomic E-state index is 12.3. The minimum Gasteiger partial charge on any atom is -0.379 e. The Bertz CT molecular complexity index is 504. The first kappa shape index (κ1) is 17.0. The number of nitrogens with zero attached hydrogens (tertiary/aromatic N) is 3. The van der Waals surface area contributed by atoms with Gasteiger partial charge in [-0.2, -0.15) is 0 Å². The molecular formula is C16H28N4O2. The van der Waals surface area contributed by atoms with Crippen molar-refractivity contribution in [3.8, 4) is 0 Å². The summed E-state index contributed by atoms with van der Waals surface area (Å²) in [6.45, 7) is 11.4. The predicted molar refractivity (Wildman–Crippen MR) is 86.1 cm³/mol. The molecule has 6 nitrogen and oxygen atoms in total. The van der Waals surface area contributed by atoms with Gasteiger partial charge in [-0.25, -0.2) is 4.98 Å². The van der Waals surface area contributed by atoms with E-state index in [1.807, 2.05) is 11.6 Å². The molecule has 0 atom stereocenters. The van der Waals surface area contributed by atoms with Crippen LogP contribution in [-0.2, 0) is 17.2 Å². The summed E-state index contributed by atoms with van der Waals surface area (Å²) in [5, 5.41) is 2.99. The van der Waals surface area contributed by atoms with Crippen LogP contribution in [0.4, 0.5) is 0 Å². The second-order valence-corrected chi connectivity index (χ2v) is 6.47. The zero-order valence-corrected chi connectivity index (χ0v) is 14.2. The molecule has 0 spiro atoms. The molecule has 1 aromatic rings. The number of hydrogen-bond donors (Lipinski definition) is 1. The second-order valence-electron chi connectivity index (χ2n) is 6.47. The lowest BCUT2D eigenvalue weighted by molar-refractivity contribution is 0.0383. The van der Waals surface area contributed by atoms with E-state index in [-0.39, 0.29) is 11.3 Å². The van der Waals surface area contributed by atoms with Gasteiger partial charge in [-0.15, -0.1) is 0 Å². The Hall–Kier alpha value is -1.40. The number of imidazole rings is 1. The number of amides is 1. The Balaban J connectivity index is 1.90. The third-order valence-electron chi connectivity index (χ3n) is 4.53. The van der Waals surface area contributed by atoms with Crippen LogP contribution in [0.1, 0.15) is 43.5 Å². The Morgan fingerprint density at radius 1 is 1.41 bits per heavy atom. The molecule has 0 saturated carbocycles. The van der Waals surface area contributed by atoms with Crippen molar-refractivity contribution >= 4 is 5.91 Å². The van der Waals surface area contributed by atoms with E-state index in [0.717, 1.165) is 45.1 Å². The van der Waals surface area contributed by atoms with E-state index in [1.165, 1.54) is 0 Å². The maximum absolute atomic E-state index is 12.3. The van der Waals surface area contributed by atoms with E-state index in [2.05, 4.69) is 36.0 Å². The molecular weight excluding hydrogens is 280 g/mol. The molecule has 6 heteroatoms. The summed E-state index contributed by atoms with van der Waals surface area (Å²) in [6.07, 6.45) is 2.66. The van der Waals surface area contributed by atoms with Gasteiger partial charge >= 0.3 is 0 Å². The first-order valence-corrected chi connectivity index (χ1v) is 8.06. The van der Waals surface area contributed by atoms with Gasteiger partial charge in [0.2, 0.25) is 0 Å². The number of nitrogens with one attached hydrogen (secondary N) is 1. The number of hydrogen-bond acceptors (Lipinski definition) is 4. The fourth-order valence-corrected chi connectivity index (χ4v) is 2.65. The van der Waals surface area contributed by atoms with E-state index in [1.54, 1.807) is 6.20 Å². The maximum Gasteiger partial charge on any atom is 0.269 e. The van der Waals surface area contributed by atoms with Crippen LogP contribution in [-0.4, -0.2) is 59.8 Å². The summed E-state index contributed by atoms with van der Waals surface area (Å²) >= 11 is 0. The van der Waals surface area contributed by atoms with Gasteiger partial charge in [0.15, 0.2) is 0 Å². The highest BCUT2D eigenvalue weighted by Crippen LogP contribution is 2.25. The molecule has 0 aromatic carbocycles. The molecule has 1 saturated heterocycles. The molecule has 2 heterocycles. The molecule has 1 aliphatic rings. The van der Waals surface area contributed by atoms with Crippen molar-refractivity contribution < 1.29 is 9.53 Å². The third-order valence-corrected chi connectivity index (χ3v) is 4.53. The second kappa shape index (κ2) is 7.24. The smallest absolute Gasteiger partial charge is 0.269 e. The van der Waals surface area contributed by atoms with Crippen LogP contribution in [0, 0.1) is 0 Å². The Morgan fingerprint density at radius 3 is 2.73 bits per heavy atom. The first-order chi connectivity index (χ1) is 10.5. The highest BCUT2D eigenvalue weighted by molar-refractivity contribution is 5.92. The number of ether oxygens (including phenoxy) is 1. The minimum absolute atomic E-state index is 0.0267. The summed E-state index contributed by atoms with van der Waals surface area (Å²) in [5.41, 5.74) is 0.597. The van der Waals surface area contributed by atoms with Crippen LogP contribution >= 0.6 is 0 Å². The quantitative estimate of drug-likeness (QED) is 0.857. The summed E-state index contributed by atoms with van der Waals surface area (Å²) < 4.78 is 7.23. The minimum atomic E-state index is -0.0542. The zero-order valence-electron chi connectivity index (χ0n) is 14.2. The van der Waals surface area contributed by atoms with Crippen LogP contribution in [0.5, 0.6) is 0 Å². The largest absolute Gasteiger partial charge is 0.379 e. The SMILES string of the molecule is CCC(C)(C)c1ncc(C(=O)NCCN2CCOCC2)n1C. The molecule has 1 fully saturated rings. The number of aromatic nitrogens is 2. The molecule has 2 rings (SSSR count). The number of morpholine rings is 1. The van der Waals surface area contributed by atoms with E-state index in [4.69, 9.17) is 4.74 Å². The van der Waals surface area contributed by atoms with Gasteiger partial charge < -0.3 is 14.6 Å². The van der Waals surface area contributed by atoms with Gasteiger partial charge in [0, 0.05) is 38.6 Å². The fourth-order valence-electron chi connectivity index (χ4n) is 2.65. The van der Waals surface area contributed by atoms with Crippen LogP contribution < -0.4 is 5.32 Å². The Labute approximate surface area is 132 Å².